The number of carbonyl (C=O) groups excluding carboxylic acids is 1. The number of benzene rings is 1. The summed E-state index contributed by atoms with van der Waals surface area (Å²) >= 11 is 0. The van der Waals surface area contributed by atoms with Crippen molar-refractivity contribution in [1.29, 1.82) is 0 Å². The van der Waals surface area contributed by atoms with Gasteiger partial charge in [-0.1, -0.05) is 0 Å². The van der Waals surface area contributed by atoms with Gasteiger partial charge in [-0.2, -0.15) is 5.10 Å². The zero-order chi connectivity index (χ0) is 21.7. The molecule has 0 aliphatic heterocycles. The Morgan fingerprint density at radius 1 is 1.00 bits per heavy atom. The normalized spacial score (nSPS) is 10.6. The lowest BCUT2D eigenvalue weighted by molar-refractivity contribution is 0.0954. The van der Waals surface area contributed by atoms with Crippen LogP contribution in [0.5, 0.6) is 11.5 Å². The van der Waals surface area contributed by atoms with Crippen LogP contribution in [-0.2, 0) is 0 Å². The van der Waals surface area contributed by atoms with E-state index in [0.717, 1.165) is 11.4 Å². The van der Waals surface area contributed by atoms with Crippen molar-refractivity contribution in [2.75, 3.05) is 32.6 Å². The van der Waals surface area contributed by atoms with E-state index in [-0.39, 0.29) is 5.91 Å². The lowest BCUT2D eigenvalue weighted by Gasteiger charge is -2.11. The first kappa shape index (κ1) is 21.1. The third kappa shape index (κ3) is 4.86. The molecule has 2 heterocycles. The number of nitrogens with zero attached hydrogens (tertiary/aromatic N) is 4. The zero-order valence-electron chi connectivity index (χ0n) is 17.8. The molecule has 0 saturated carbocycles. The van der Waals surface area contributed by atoms with Gasteiger partial charge in [0.05, 0.1) is 19.9 Å². The van der Waals surface area contributed by atoms with Gasteiger partial charge in [-0.15, -0.1) is 0 Å². The van der Waals surface area contributed by atoms with Gasteiger partial charge in [-0.05, 0) is 45.0 Å². The number of aromatic nitrogens is 4. The molecule has 0 unspecified atom stereocenters. The molecule has 0 spiro atoms. The van der Waals surface area contributed by atoms with E-state index >= 15 is 0 Å². The molecule has 0 radical (unpaired) electrons. The first-order valence-corrected chi connectivity index (χ1v) is 9.54. The van der Waals surface area contributed by atoms with Gasteiger partial charge < -0.3 is 20.1 Å². The molecule has 0 saturated heterocycles. The maximum absolute atomic E-state index is 12.4. The van der Waals surface area contributed by atoms with Crippen molar-refractivity contribution in [3.63, 3.8) is 0 Å². The first-order chi connectivity index (χ1) is 14.4. The minimum Gasteiger partial charge on any atom is -0.493 e. The summed E-state index contributed by atoms with van der Waals surface area (Å²) in [6, 6.07) is 8.88. The standard InChI is InChI=1S/C21H26N6O3/c1-13-10-14(2)27(26-13)20-12-19(24-15(3)25-20)22-8-9-23-21(28)16-6-7-17(29-4)18(11-16)30-5/h6-7,10-12H,8-9H2,1-5H3,(H,23,28)(H,22,24,25). The second kappa shape index (κ2) is 9.25. The Bertz CT molecular complexity index is 1050. The summed E-state index contributed by atoms with van der Waals surface area (Å²) in [4.78, 5) is 21.3. The molecule has 0 atom stereocenters. The topological polar surface area (TPSA) is 103 Å². The third-order valence-corrected chi connectivity index (χ3v) is 4.41. The highest BCUT2D eigenvalue weighted by atomic mass is 16.5. The highest BCUT2D eigenvalue weighted by Crippen LogP contribution is 2.27. The average Bonchev–Trinajstić information content (AvgIpc) is 3.08. The minimum absolute atomic E-state index is 0.194. The number of methoxy groups -OCH3 is 2. The van der Waals surface area contributed by atoms with E-state index in [1.165, 1.54) is 7.11 Å². The Morgan fingerprint density at radius 2 is 1.77 bits per heavy atom. The fourth-order valence-electron chi connectivity index (χ4n) is 3.06. The molecule has 9 nitrogen and oxygen atoms in total. The fourth-order valence-corrected chi connectivity index (χ4v) is 3.06. The number of aryl methyl sites for hydroxylation is 3. The van der Waals surface area contributed by atoms with Crippen molar-refractivity contribution in [2.45, 2.75) is 20.8 Å². The van der Waals surface area contributed by atoms with Crippen LogP contribution in [0.25, 0.3) is 5.82 Å². The van der Waals surface area contributed by atoms with Gasteiger partial charge in [-0.25, -0.2) is 14.6 Å². The lowest BCUT2D eigenvalue weighted by Crippen LogP contribution is -2.29. The van der Waals surface area contributed by atoms with Gasteiger partial charge in [-0.3, -0.25) is 4.79 Å². The molecule has 0 bridgehead atoms. The molecular formula is C21H26N6O3. The molecule has 2 N–H and O–H groups in total. The molecule has 0 fully saturated rings. The maximum atomic E-state index is 12.4. The molecule has 0 aliphatic carbocycles. The number of rotatable bonds is 8. The second-order valence-electron chi connectivity index (χ2n) is 6.75. The smallest absolute Gasteiger partial charge is 0.251 e. The molecule has 3 rings (SSSR count). The predicted octanol–water partition coefficient (Wildman–Crippen LogP) is 2.45. The minimum atomic E-state index is -0.194. The molecule has 9 heteroatoms. The van der Waals surface area contributed by atoms with Crippen LogP contribution in [-0.4, -0.2) is 53.0 Å². The van der Waals surface area contributed by atoms with E-state index in [1.54, 1.807) is 30.0 Å². The van der Waals surface area contributed by atoms with Crippen molar-refractivity contribution in [3.05, 3.63) is 53.1 Å². The Morgan fingerprint density at radius 3 is 2.43 bits per heavy atom. The quantitative estimate of drug-likeness (QED) is 0.550. The van der Waals surface area contributed by atoms with Crippen molar-refractivity contribution in [1.82, 2.24) is 25.1 Å². The van der Waals surface area contributed by atoms with E-state index in [0.29, 0.717) is 47.6 Å². The Kier molecular flexibility index (Phi) is 6.51. The van der Waals surface area contributed by atoms with Crippen molar-refractivity contribution >= 4 is 11.7 Å². The molecule has 0 aliphatic rings. The molecule has 1 amide bonds. The molecule has 158 valence electrons. The predicted molar refractivity (Wildman–Crippen MR) is 114 cm³/mol. The molecule has 1 aromatic carbocycles. The SMILES string of the molecule is COc1ccc(C(=O)NCCNc2cc(-n3nc(C)cc3C)nc(C)n2)cc1OC. The van der Waals surface area contributed by atoms with Crippen molar-refractivity contribution in [2.24, 2.45) is 0 Å². The number of hydrogen-bond donors (Lipinski definition) is 2. The third-order valence-electron chi connectivity index (χ3n) is 4.41. The first-order valence-electron chi connectivity index (χ1n) is 9.54. The van der Waals surface area contributed by atoms with E-state index in [9.17, 15) is 4.79 Å². The van der Waals surface area contributed by atoms with Crippen LogP contribution >= 0.6 is 0 Å². The number of anilines is 1. The van der Waals surface area contributed by atoms with Crippen LogP contribution in [0.15, 0.2) is 30.3 Å². The van der Waals surface area contributed by atoms with Crippen molar-refractivity contribution in [3.8, 4) is 17.3 Å². The highest BCUT2D eigenvalue weighted by Gasteiger charge is 2.11. The van der Waals surface area contributed by atoms with E-state index in [2.05, 4.69) is 25.7 Å². The lowest BCUT2D eigenvalue weighted by atomic mass is 10.2. The monoisotopic (exact) mass is 410 g/mol. The average molecular weight is 410 g/mol. The van der Waals surface area contributed by atoms with Gasteiger partial charge >= 0.3 is 0 Å². The van der Waals surface area contributed by atoms with E-state index in [1.807, 2.05) is 32.9 Å². The number of hydrogen-bond acceptors (Lipinski definition) is 7. The van der Waals surface area contributed by atoms with Gasteiger partial charge in [0, 0.05) is 30.4 Å². The number of amides is 1. The molecule has 30 heavy (non-hydrogen) atoms. The Hall–Kier alpha value is -3.62. The summed E-state index contributed by atoms with van der Waals surface area (Å²) in [5.74, 6) is 2.90. The molecular weight excluding hydrogens is 384 g/mol. The van der Waals surface area contributed by atoms with Crippen LogP contribution < -0.4 is 20.1 Å². The number of nitrogens with one attached hydrogen (secondary N) is 2. The summed E-state index contributed by atoms with van der Waals surface area (Å²) < 4.78 is 12.2. The summed E-state index contributed by atoms with van der Waals surface area (Å²) in [5.41, 5.74) is 2.42. The van der Waals surface area contributed by atoms with Crippen LogP contribution in [0.3, 0.4) is 0 Å². The maximum Gasteiger partial charge on any atom is 0.251 e. The van der Waals surface area contributed by atoms with Crippen LogP contribution in [0.2, 0.25) is 0 Å². The van der Waals surface area contributed by atoms with Gasteiger partial charge in [0.25, 0.3) is 5.91 Å². The van der Waals surface area contributed by atoms with E-state index < -0.39 is 0 Å². The summed E-state index contributed by atoms with van der Waals surface area (Å²) in [7, 11) is 3.09. The van der Waals surface area contributed by atoms with Gasteiger partial charge in [0.1, 0.15) is 11.6 Å². The van der Waals surface area contributed by atoms with Gasteiger partial charge in [0.2, 0.25) is 0 Å². The Labute approximate surface area is 175 Å². The van der Waals surface area contributed by atoms with Crippen molar-refractivity contribution < 1.29 is 14.3 Å². The summed E-state index contributed by atoms with van der Waals surface area (Å²) in [5, 5.41) is 10.6. The number of carbonyl (C=O) groups is 1. The van der Waals surface area contributed by atoms with Crippen LogP contribution in [0.1, 0.15) is 27.6 Å². The fraction of sp³-hybridized carbons (Fsp3) is 0.333. The highest BCUT2D eigenvalue weighted by molar-refractivity contribution is 5.94. The molecule has 2 aromatic heterocycles. The summed E-state index contributed by atoms with van der Waals surface area (Å²) in [6.07, 6.45) is 0. The van der Waals surface area contributed by atoms with Crippen LogP contribution in [0.4, 0.5) is 5.82 Å². The summed E-state index contributed by atoms with van der Waals surface area (Å²) in [6.45, 7) is 6.68. The molecule has 3 aromatic rings. The van der Waals surface area contributed by atoms with Crippen LogP contribution in [0, 0.1) is 20.8 Å². The Balaban J connectivity index is 1.59. The zero-order valence-corrected chi connectivity index (χ0v) is 17.8. The number of ether oxygens (including phenoxy) is 2. The second-order valence-corrected chi connectivity index (χ2v) is 6.75. The van der Waals surface area contributed by atoms with E-state index in [4.69, 9.17) is 9.47 Å². The van der Waals surface area contributed by atoms with Gasteiger partial charge in [0.15, 0.2) is 17.3 Å². The largest absolute Gasteiger partial charge is 0.493 e.